The van der Waals surface area contributed by atoms with Gasteiger partial charge in [-0.3, -0.25) is 4.79 Å². The first-order valence-corrected chi connectivity index (χ1v) is 7.33. The Bertz CT molecular complexity index is 320. The maximum atomic E-state index is 12.2. The Morgan fingerprint density at radius 1 is 1.50 bits per heavy atom. The van der Waals surface area contributed by atoms with Crippen molar-refractivity contribution in [1.82, 2.24) is 10.2 Å². The van der Waals surface area contributed by atoms with E-state index < -0.39 is 5.97 Å². The highest BCUT2D eigenvalue weighted by Gasteiger charge is 2.25. The number of hydrogen-bond acceptors (Lipinski definition) is 3. The summed E-state index contributed by atoms with van der Waals surface area (Å²) in [7, 11) is 1.67. The summed E-state index contributed by atoms with van der Waals surface area (Å²) in [5, 5.41) is 11.7. The number of rotatable bonds is 7. The van der Waals surface area contributed by atoms with Gasteiger partial charge in [0.15, 0.2) is 0 Å². The van der Waals surface area contributed by atoms with Crippen LogP contribution in [-0.2, 0) is 9.53 Å². The van der Waals surface area contributed by atoms with Crippen LogP contribution < -0.4 is 5.32 Å². The molecule has 116 valence electrons. The summed E-state index contributed by atoms with van der Waals surface area (Å²) in [5.74, 6) is -0.497. The minimum atomic E-state index is -0.875. The van der Waals surface area contributed by atoms with E-state index in [1.807, 2.05) is 6.92 Å². The molecule has 0 spiro atoms. The molecule has 1 rings (SSSR count). The first kappa shape index (κ1) is 16.8. The van der Waals surface area contributed by atoms with E-state index in [0.717, 1.165) is 25.8 Å². The molecule has 2 unspecified atom stereocenters. The van der Waals surface area contributed by atoms with Crippen LogP contribution in [0.15, 0.2) is 0 Å². The lowest BCUT2D eigenvalue weighted by Crippen LogP contribution is -2.49. The molecule has 1 aliphatic heterocycles. The van der Waals surface area contributed by atoms with Gasteiger partial charge in [0.25, 0.3) is 0 Å². The molecule has 0 radical (unpaired) electrons. The Kier molecular flexibility index (Phi) is 7.36. The lowest BCUT2D eigenvalue weighted by atomic mass is 9.99. The molecule has 0 saturated carbocycles. The van der Waals surface area contributed by atoms with Gasteiger partial charge in [0.1, 0.15) is 0 Å². The molecule has 2 atom stereocenters. The van der Waals surface area contributed by atoms with E-state index in [-0.39, 0.29) is 18.5 Å². The fourth-order valence-corrected chi connectivity index (χ4v) is 2.67. The Morgan fingerprint density at radius 3 is 2.85 bits per heavy atom. The number of carboxylic acids is 1. The van der Waals surface area contributed by atoms with Crippen molar-refractivity contribution in [1.29, 1.82) is 0 Å². The molecule has 1 saturated heterocycles. The maximum Gasteiger partial charge on any atom is 0.317 e. The minimum Gasteiger partial charge on any atom is -0.481 e. The molecule has 0 bridgehead atoms. The second kappa shape index (κ2) is 8.79. The smallest absolute Gasteiger partial charge is 0.317 e. The summed E-state index contributed by atoms with van der Waals surface area (Å²) < 4.78 is 5.15. The minimum absolute atomic E-state index is 0.0189. The van der Waals surface area contributed by atoms with Crippen molar-refractivity contribution in [2.75, 3.05) is 26.8 Å². The topological polar surface area (TPSA) is 78.9 Å². The molecular weight excluding hydrogens is 260 g/mol. The summed E-state index contributed by atoms with van der Waals surface area (Å²) in [6, 6.07) is -0.432. The van der Waals surface area contributed by atoms with Crippen LogP contribution in [0.4, 0.5) is 4.79 Å². The quantitative estimate of drug-likeness (QED) is 0.746. The molecule has 2 amide bonds. The molecule has 0 aromatic heterocycles. The van der Waals surface area contributed by atoms with Crippen molar-refractivity contribution in [3.63, 3.8) is 0 Å². The number of nitrogens with one attached hydrogen (secondary N) is 1. The van der Waals surface area contributed by atoms with Gasteiger partial charge in [-0.15, -0.1) is 0 Å². The van der Waals surface area contributed by atoms with Gasteiger partial charge in [0, 0.05) is 32.2 Å². The standard InChI is InChI=1S/C14H26N2O4/c1-3-5-12(8-13(17)18)15-14(19)16-7-4-6-11(9-16)10-20-2/h11-12H,3-10H2,1-2H3,(H,15,19)(H,17,18). The normalized spacial score (nSPS) is 20.5. The average molecular weight is 286 g/mol. The Labute approximate surface area is 120 Å². The summed E-state index contributed by atoms with van der Waals surface area (Å²) >= 11 is 0. The summed E-state index contributed by atoms with van der Waals surface area (Å²) in [4.78, 5) is 24.8. The third-order valence-corrected chi connectivity index (χ3v) is 3.59. The van der Waals surface area contributed by atoms with Gasteiger partial charge in [0.05, 0.1) is 13.0 Å². The van der Waals surface area contributed by atoms with Crippen LogP contribution in [0.25, 0.3) is 0 Å². The van der Waals surface area contributed by atoms with Crippen molar-refractivity contribution < 1.29 is 19.4 Å². The van der Waals surface area contributed by atoms with Crippen molar-refractivity contribution in [2.24, 2.45) is 5.92 Å². The average Bonchev–Trinajstić information content (AvgIpc) is 2.39. The Hall–Kier alpha value is -1.30. The number of urea groups is 1. The van der Waals surface area contributed by atoms with E-state index >= 15 is 0 Å². The molecule has 6 heteroatoms. The van der Waals surface area contributed by atoms with Crippen LogP contribution in [0.5, 0.6) is 0 Å². The predicted octanol–water partition coefficient (Wildman–Crippen LogP) is 1.70. The van der Waals surface area contributed by atoms with Gasteiger partial charge in [-0.2, -0.15) is 0 Å². The number of piperidine rings is 1. The lowest BCUT2D eigenvalue weighted by Gasteiger charge is -2.33. The van der Waals surface area contributed by atoms with E-state index in [2.05, 4.69) is 5.32 Å². The zero-order chi connectivity index (χ0) is 15.0. The van der Waals surface area contributed by atoms with E-state index in [0.29, 0.717) is 25.5 Å². The van der Waals surface area contributed by atoms with Crippen LogP contribution in [0.3, 0.4) is 0 Å². The SMILES string of the molecule is CCCC(CC(=O)O)NC(=O)N1CCCC(COC)C1. The highest BCUT2D eigenvalue weighted by atomic mass is 16.5. The zero-order valence-electron chi connectivity index (χ0n) is 12.4. The van der Waals surface area contributed by atoms with Crippen LogP contribution in [0.2, 0.25) is 0 Å². The zero-order valence-corrected chi connectivity index (χ0v) is 12.4. The number of carbonyl (C=O) groups is 2. The van der Waals surface area contributed by atoms with Crippen molar-refractivity contribution in [3.05, 3.63) is 0 Å². The third kappa shape index (κ3) is 5.77. The van der Waals surface area contributed by atoms with E-state index in [1.165, 1.54) is 0 Å². The molecule has 20 heavy (non-hydrogen) atoms. The molecular formula is C14H26N2O4. The number of amides is 2. The van der Waals surface area contributed by atoms with E-state index in [9.17, 15) is 9.59 Å². The maximum absolute atomic E-state index is 12.2. The third-order valence-electron chi connectivity index (χ3n) is 3.59. The number of aliphatic carboxylic acids is 1. The number of nitrogens with zero attached hydrogens (tertiary/aromatic N) is 1. The van der Waals surface area contributed by atoms with Gasteiger partial charge in [-0.05, 0) is 19.3 Å². The summed E-state index contributed by atoms with van der Waals surface area (Å²) in [6.07, 6.45) is 3.57. The Balaban J connectivity index is 2.48. The molecule has 6 nitrogen and oxygen atoms in total. The largest absolute Gasteiger partial charge is 0.481 e. The summed E-state index contributed by atoms with van der Waals surface area (Å²) in [5.41, 5.74) is 0. The Morgan fingerprint density at radius 2 is 2.25 bits per heavy atom. The lowest BCUT2D eigenvalue weighted by molar-refractivity contribution is -0.137. The molecule has 1 heterocycles. The molecule has 0 aliphatic carbocycles. The van der Waals surface area contributed by atoms with Crippen LogP contribution in [0, 0.1) is 5.92 Å². The van der Waals surface area contributed by atoms with Crippen LogP contribution in [-0.4, -0.2) is 54.9 Å². The number of ether oxygens (including phenoxy) is 1. The number of methoxy groups -OCH3 is 1. The first-order chi connectivity index (χ1) is 9.56. The number of carboxylic acid groups (broad SMARTS) is 1. The van der Waals surface area contributed by atoms with Gasteiger partial charge in [0.2, 0.25) is 0 Å². The molecule has 1 aliphatic rings. The van der Waals surface area contributed by atoms with Crippen LogP contribution in [0.1, 0.15) is 39.0 Å². The van der Waals surface area contributed by atoms with Crippen molar-refractivity contribution in [2.45, 2.75) is 45.1 Å². The van der Waals surface area contributed by atoms with Gasteiger partial charge >= 0.3 is 12.0 Å². The molecule has 1 fully saturated rings. The first-order valence-electron chi connectivity index (χ1n) is 7.33. The summed E-state index contributed by atoms with van der Waals surface area (Å²) in [6.45, 7) is 4.07. The molecule has 0 aromatic carbocycles. The molecule has 0 aromatic rings. The second-order valence-electron chi connectivity index (χ2n) is 5.44. The number of hydrogen-bond donors (Lipinski definition) is 2. The van der Waals surface area contributed by atoms with Crippen molar-refractivity contribution in [3.8, 4) is 0 Å². The fraction of sp³-hybridized carbons (Fsp3) is 0.857. The predicted molar refractivity (Wildman–Crippen MR) is 75.7 cm³/mol. The monoisotopic (exact) mass is 286 g/mol. The van der Waals surface area contributed by atoms with Gasteiger partial charge in [-0.25, -0.2) is 4.79 Å². The van der Waals surface area contributed by atoms with Crippen molar-refractivity contribution >= 4 is 12.0 Å². The highest BCUT2D eigenvalue weighted by molar-refractivity contribution is 5.76. The van der Waals surface area contributed by atoms with Gasteiger partial charge in [-0.1, -0.05) is 13.3 Å². The number of carbonyl (C=O) groups excluding carboxylic acids is 1. The second-order valence-corrected chi connectivity index (χ2v) is 5.44. The highest BCUT2D eigenvalue weighted by Crippen LogP contribution is 2.17. The van der Waals surface area contributed by atoms with Crippen LogP contribution >= 0.6 is 0 Å². The van der Waals surface area contributed by atoms with E-state index in [1.54, 1.807) is 12.0 Å². The van der Waals surface area contributed by atoms with Gasteiger partial charge < -0.3 is 20.1 Å². The van der Waals surface area contributed by atoms with E-state index in [4.69, 9.17) is 9.84 Å². The number of likely N-dealkylation sites (tertiary alicyclic amines) is 1. The molecule has 2 N–H and O–H groups in total. The fourth-order valence-electron chi connectivity index (χ4n) is 2.67.